The number of H-pyrrole nitrogens is 1. The van der Waals surface area contributed by atoms with Crippen molar-refractivity contribution in [2.24, 2.45) is 5.92 Å². The number of nitrogens with zero attached hydrogens (tertiary/aromatic N) is 4. The number of nitrogens with one attached hydrogen (secondary N) is 2. The average molecular weight is 396 g/mol. The van der Waals surface area contributed by atoms with Gasteiger partial charge in [-0.3, -0.25) is 24.6 Å². The molecule has 0 bridgehead atoms. The Morgan fingerprint density at radius 2 is 2.00 bits per heavy atom. The lowest BCUT2D eigenvalue weighted by atomic mass is 9.93. The molecule has 0 spiro atoms. The second-order valence-corrected chi connectivity index (χ2v) is 7.91. The number of aromatic nitrogens is 3. The van der Waals surface area contributed by atoms with Gasteiger partial charge in [-0.25, -0.2) is 0 Å². The van der Waals surface area contributed by atoms with Crippen molar-refractivity contribution in [2.45, 2.75) is 38.3 Å². The van der Waals surface area contributed by atoms with Gasteiger partial charge in [0.1, 0.15) is 5.69 Å². The first-order valence-electron chi connectivity index (χ1n) is 10.4. The molecule has 2 aliphatic rings. The fraction of sp³-hybridized carbons (Fsp3) is 0.524. The van der Waals surface area contributed by atoms with Gasteiger partial charge in [0.25, 0.3) is 5.91 Å². The van der Waals surface area contributed by atoms with E-state index in [9.17, 15) is 9.59 Å². The first-order chi connectivity index (χ1) is 14.2. The molecule has 2 amide bonds. The van der Waals surface area contributed by atoms with Gasteiger partial charge in [-0.05, 0) is 49.9 Å². The molecule has 0 aliphatic carbocycles. The summed E-state index contributed by atoms with van der Waals surface area (Å²) in [6.07, 6.45) is 9.00. The van der Waals surface area contributed by atoms with Crippen LogP contribution in [-0.2, 0) is 11.3 Å². The molecule has 2 aromatic heterocycles. The van der Waals surface area contributed by atoms with Crippen molar-refractivity contribution in [3.63, 3.8) is 0 Å². The van der Waals surface area contributed by atoms with Crippen LogP contribution in [0.5, 0.6) is 0 Å². The summed E-state index contributed by atoms with van der Waals surface area (Å²) in [7, 11) is 0. The van der Waals surface area contributed by atoms with Crippen molar-refractivity contribution in [1.29, 1.82) is 0 Å². The maximum Gasteiger partial charge on any atom is 0.271 e. The van der Waals surface area contributed by atoms with Crippen LogP contribution in [-0.4, -0.2) is 69.0 Å². The van der Waals surface area contributed by atoms with E-state index in [4.69, 9.17) is 0 Å². The largest absolute Gasteiger partial charge is 0.352 e. The Balaban J connectivity index is 1.25. The minimum atomic E-state index is 0.0206. The van der Waals surface area contributed by atoms with Crippen LogP contribution >= 0.6 is 0 Å². The van der Waals surface area contributed by atoms with Gasteiger partial charge in [-0.1, -0.05) is 6.07 Å². The van der Waals surface area contributed by atoms with Crippen LogP contribution < -0.4 is 5.32 Å². The van der Waals surface area contributed by atoms with Gasteiger partial charge in [0.15, 0.2) is 0 Å². The van der Waals surface area contributed by atoms with E-state index < -0.39 is 0 Å². The highest BCUT2D eigenvalue weighted by atomic mass is 16.2. The van der Waals surface area contributed by atoms with Crippen molar-refractivity contribution < 1.29 is 9.59 Å². The summed E-state index contributed by atoms with van der Waals surface area (Å²) in [6.45, 7) is 3.86. The van der Waals surface area contributed by atoms with E-state index in [-0.39, 0.29) is 17.7 Å². The number of rotatable bonds is 5. The Morgan fingerprint density at radius 1 is 1.14 bits per heavy atom. The SMILES string of the molecule is O=C(NCc1cccnc1)[C@@H]1CCCN(C2CCN(C(=O)c3ccn[nH]3)CC2)C1. The molecule has 0 unspecified atom stereocenters. The Kier molecular flexibility index (Phi) is 6.19. The number of amides is 2. The van der Waals surface area contributed by atoms with E-state index in [0.717, 1.165) is 57.4 Å². The normalized spacial score (nSPS) is 21.1. The molecule has 8 nitrogen and oxygen atoms in total. The third-order valence-electron chi connectivity index (χ3n) is 6.01. The van der Waals surface area contributed by atoms with E-state index in [2.05, 4.69) is 25.4 Å². The van der Waals surface area contributed by atoms with Crippen LogP contribution in [0.1, 0.15) is 41.7 Å². The van der Waals surface area contributed by atoms with Crippen LogP contribution in [0.25, 0.3) is 0 Å². The highest BCUT2D eigenvalue weighted by Crippen LogP contribution is 2.24. The van der Waals surface area contributed by atoms with E-state index in [1.807, 2.05) is 17.0 Å². The fourth-order valence-electron chi connectivity index (χ4n) is 4.37. The van der Waals surface area contributed by atoms with E-state index in [0.29, 0.717) is 18.3 Å². The van der Waals surface area contributed by atoms with Crippen molar-refractivity contribution in [3.05, 3.63) is 48.0 Å². The Morgan fingerprint density at radius 3 is 2.72 bits per heavy atom. The first kappa shape index (κ1) is 19.6. The number of hydrogen-bond donors (Lipinski definition) is 2. The zero-order valence-corrected chi connectivity index (χ0v) is 16.6. The number of likely N-dealkylation sites (tertiary alicyclic amines) is 2. The third kappa shape index (κ3) is 4.82. The Bertz CT molecular complexity index is 802. The van der Waals surface area contributed by atoms with Gasteiger partial charge in [0, 0.05) is 50.8 Å². The third-order valence-corrected chi connectivity index (χ3v) is 6.01. The van der Waals surface area contributed by atoms with Crippen LogP contribution in [0.2, 0.25) is 0 Å². The predicted octanol–water partition coefficient (Wildman–Crippen LogP) is 1.44. The molecule has 2 fully saturated rings. The number of hydrogen-bond acceptors (Lipinski definition) is 5. The summed E-state index contributed by atoms with van der Waals surface area (Å²) in [4.78, 5) is 33.5. The maximum absolute atomic E-state index is 12.7. The molecule has 0 radical (unpaired) electrons. The second-order valence-electron chi connectivity index (χ2n) is 7.91. The number of piperidine rings is 2. The van der Waals surface area contributed by atoms with Gasteiger partial charge < -0.3 is 10.2 Å². The Labute approximate surface area is 170 Å². The minimum absolute atomic E-state index is 0.0206. The number of pyridine rings is 1. The van der Waals surface area contributed by atoms with E-state index in [1.165, 1.54) is 0 Å². The molecule has 2 aromatic rings. The molecule has 154 valence electrons. The summed E-state index contributed by atoms with van der Waals surface area (Å²) in [5.41, 5.74) is 1.56. The molecule has 4 heterocycles. The average Bonchev–Trinajstić information content (AvgIpc) is 3.33. The molecule has 2 saturated heterocycles. The summed E-state index contributed by atoms with van der Waals surface area (Å²) >= 11 is 0. The molecule has 1 atom stereocenters. The molecule has 2 N–H and O–H groups in total. The van der Waals surface area contributed by atoms with Gasteiger partial charge in [0.05, 0.1) is 5.92 Å². The molecular formula is C21H28N6O2. The van der Waals surface area contributed by atoms with Crippen LogP contribution in [0.15, 0.2) is 36.8 Å². The summed E-state index contributed by atoms with van der Waals surface area (Å²) in [6, 6.07) is 6.01. The highest BCUT2D eigenvalue weighted by molar-refractivity contribution is 5.92. The summed E-state index contributed by atoms with van der Waals surface area (Å²) in [5, 5.41) is 9.68. The highest BCUT2D eigenvalue weighted by Gasteiger charge is 2.32. The van der Waals surface area contributed by atoms with Gasteiger partial charge in [-0.15, -0.1) is 0 Å². The molecule has 0 aromatic carbocycles. The standard InChI is InChI=1S/C21H28N6O2/c28-20(23-14-16-3-1-8-22-13-16)17-4-2-10-27(15-17)18-6-11-26(12-7-18)21(29)19-5-9-24-25-19/h1,3,5,8-9,13,17-18H,2,4,6-7,10-12,14-15H2,(H,23,28)(H,24,25)/t17-/m1/s1. The van der Waals surface area contributed by atoms with Crippen molar-refractivity contribution >= 4 is 11.8 Å². The Hall–Kier alpha value is -2.74. The molecule has 0 saturated carbocycles. The quantitative estimate of drug-likeness (QED) is 0.798. The minimum Gasteiger partial charge on any atom is -0.352 e. The predicted molar refractivity (Wildman–Crippen MR) is 108 cm³/mol. The number of aromatic amines is 1. The van der Waals surface area contributed by atoms with Gasteiger partial charge in [-0.2, -0.15) is 5.10 Å². The van der Waals surface area contributed by atoms with Crippen LogP contribution in [0.4, 0.5) is 0 Å². The molecule has 8 heteroatoms. The van der Waals surface area contributed by atoms with Crippen LogP contribution in [0.3, 0.4) is 0 Å². The molecule has 4 rings (SSSR count). The zero-order chi connectivity index (χ0) is 20.1. The summed E-state index contributed by atoms with van der Waals surface area (Å²) < 4.78 is 0. The molecular weight excluding hydrogens is 368 g/mol. The topological polar surface area (TPSA) is 94.2 Å². The number of carbonyl (C=O) groups is 2. The van der Waals surface area contributed by atoms with Crippen molar-refractivity contribution in [2.75, 3.05) is 26.2 Å². The smallest absolute Gasteiger partial charge is 0.271 e. The van der Waals surface area contributed by atoms with Crippen molar-refractivity contribution in [3.8, 4) is 0 Å². The maximum atomic E-state index is 12.7. The van der Waals surface area contributed by atoms with E-state index in [1.54, 1.807) is 24.7 Å². The lowest BCUT2D eigenvalue weighted by Crippen LogP contribution is -2.51. The first-order valence-corrected chi connectivity index (χ1v) is 10.4. The second kappa shape index (κ2) is 9.17. The molecule has 29 heavy (non-hydrogen) atoms. The lowest BCUT2D eigenvalue weighted by Gasteiger charge is -2.42. The molecule has 2 aliphatic heterocycles. The number of carbonyl (C=O) groups excluding carboxylic acids is 2. The van der Waals surface area contributed by atoms with Gasteiger partial charge in [0.2, 0.25) is 5.91 Å². The summed E-state index contributed by atoms with van der Waals surface area (Å²) in [5.74, 6) is 0.183. The monoisotopic (exact) mass is 396 g/mol. The van der Waals surface area contributed by atoms with Crippen molar-refractivity contribution in [1.82, 2.24) is 30.3 Å². The zero-order valence-electron chi connectivity index (χ0n) is 16.6. The lowest BCUT2D eigenvalue weighted by molar-refractivity contribution is -0.127. The van der Waals surface area contributed by atoms with Gasteiger partial charge >= 0.3 is 0 Å². The van der Waals surface area contributed by atoms with E-state index >= 15 is 0 Å². The fourth-order valence-corrected chi connectivity index (χ4v) is 4.37. The van der Waals surface area contributed by atoms with Crippen LogP contribution in [0, 0.1) is 5.92 Å².